The molecular weight excluding hydrogens is 558 g/mol. The number of carbonyl (C=O) groups excluding carboxylic acids is 4. The summed E-state index contributed by atoms with van der Waals surface area (Å²) in [5.41, 5.74) is 2.25. The minimum absolute atomic E-state index is 0.0346. The minimum Gasteiger partial charge on any atom is -0.488 e. The van der Waals surface area contributed by atoms with Crippen LogP contribution >= 0.6 is 11.6 Å². The second-order valence-corrected chi connectivity index (χ2v) is 9.80. The molecule has 0 saturated heterocycles. The van der Waals surface area contributed by atoms with E-state index in [1.165, 1.54) is 7.11 Å². The highest BCUT2D eigenvalue weighted by Crippen LogP contribution is 2.25. The summed E-state index contributed by atoms with van der Waals surface area (Å²) in [6.07, 6.45) is 1.93. The Morgan fingerprint density at radius 2 is 1.43 bits per heavy atom. The van der Waals surface area contributed by atoms with Gasteiger partial charge in [-0.1, -0.05) is 91.0 Å². The fourth-order valence-electron chi connectivity index (χ4n) is 4.10. The van der Waals surface area contributed by atoms with E-state index in [1.54, 1.807) is 24.3 Å². The number of esters is 1. The largest absolute Gasteiger partial charge is 0.488 e. The molecule has 42 heavy (non-hydrogen) atoms. The standard InChI is InChI=1S/C32H34ClN3O6/c1-3-16-42-28-15-14-24(17-25(28)33)20-29(37)35-27(19-23-12-8-5-9-13-23)32(40)36-26(18-22-10-6-4-7-11-22)31(39)34-21-30(38)41-2/h3-15,17,26-27H,1,16,18-21H2,2H3,(H,34,39)(H,35,37)(H,36,40)/t26-,27-/m0/s1. The molecule has 0 saturated carbocycles. The Labute approximate surface area is 250 Å². The Morgan fingerprint density at radius 3 is 1.98 bits per heavy atom. The molecule has 220 valence electrons. The van der Waals surface area contributed by atoms with Crippen LogP contribution in [0.1, 0.15) is 16.7 Å². The van der Waals surface area contributed by atoms with Crippen molar-refractivity contribution in [3.8, 4) is 5.75 Å². The van der Waals surface area contributed by atoms with E-state index in [2.05, 4.69) is 27.3 Å². The zero-order valence-corrected chi connectivity index (χ0v) is 24.1. The van der Waals surface area contributed by atoms with Crippen LogP contribution in [0.2, 0.25) is 5.02 Å². The highest BCUT2D eigenvalue weighted by atomic mass is 35.5. The molecule has 3 amide bonds. The van der Waals surface area contributed by atoms with E-state index in [0.29, 0.717) is 22.9 Å². The number of halogens is 1. The van der Waals surface area contributed by atoms with Gasteiger partial charge < -0.3 is 25.4 Å². The van der Waals surface area contributed by atoms with Gasteiger partial charge in [-0.3, -0.25) is 19.2 Å². The highest BCUT2D eigenvalue weighted by molar-refractivity contribution is 6.32. The molecule has 2 atom stereocenters. The average molecular weight is 592 g/mol. The summed E-state index contributed by atoms with van der Waals surface area (Å²) in [4.78, 5) is 51.3. The molecule has 0 radical (unpaired) electrons. The van der Waals surface area contributed by atoms with Gasteiger partial charge in [-0.25, -0.2) is 0 Å². The number of ether oxygens (including phenoxy) is 2. The van der Waals surface area contributed by atoms with Crippen LogP contribution in [0, 0.1) is 0 Å². The number of benzene rings is 3. The van der Waals surface area contributed by atoms with Crippen LogP contribution < -0.4 is 20.7 Å². The van der Waals surface area contributed by atoms with E-state index >= 15 is 0 Å². The zero-order chi connectivity index (χ0) is 30.3. The van der Waals surface area contributed by atoms with Gasteiger partial charge in [0.2, 0.25) is 17.7 Å². The van der Waals surface area contributed by atoms with Gasteiger partial charge in [0.15, 0.2) is 0 Å². The summed E-state index contributed by atoms with van der Waals surface area (Å²) < 4.78 is 10.1. The molecule has 0 heterocycles. The van der Waals surface area contributed by atoms with Crippen molar-refractivity contribution in [3.63, 3.8) is 0 Å². The van der Waals surface area contributed by atoms with Crippen LogP contribution in [0.15, 0.2) is 91.5 Å². The van der Waals surface area contributed by atoms with Gasteiger partial charge in [0.05, 0.1) is 18.6 Å². The molecule has 3 aromatic carbocycles. The lowest BCUT2D eigenvalue weighted by molar-refractivity contribution is -0.141. The number of hydrogen-bond donors (Lipinski definition) is 3. The van der Waals surface area contributed by atoms with Gasteiger partial charge in [-0.2, -0.15) is 0 Å². The van der Waals surface area contributed by atoms with E-state index in [-0.39, 0.29) is 25.8 Å². The second kappa shape index (κ2) is 16.6. The molecule has 3 aromatic rings. The van der Waals surface area contributed by atoms with Crippen molar-refractivity contribution in [2.24, 2.45) is 0 Å². The van der Waals surface area contributed by atoms with Gasteiger partial charge in [-0.05, 0) is 28.8 Å². The van der Waals surface area contributed by atoms with Crippen molar-refractivity contribution in [3.05, 3.63) is 113 Å². The molecule has 0 aliphatic rings. The van der Waals surface area contributed by atoms with E-state index in [0.717, 1.165) is 11.1 Å². The molecule has 0 aliphatic carbocycles. The predicted octanol–water partition coefficient (Wildman–Crippen LogP) is 3.19. The molecule has 0 fully saturated rings. The summed E-state index contributed by atoms with van der Waals surface area (Å²) >= 11 is 6.30. The predicted molar refractivity (Wildman–Crippen MR) is 160 cm³/mol. The summed E-state index contributed by atoms with van der Waals surface area (Å²) in [6, 6.07) is 21.4. The maximum absolute atomic E-state index is 13.6. The number of nitrogens with one attached hydrogen (secondary N) is 3. The van der Waals surface area contributed by atoms with Crippen LogP contribution in [-0.2, 0) is 43.2 Å². The van der Waals surface area contributed by atoms with E-state index in [1.807, 2.05) is 60.7 Å². The third-order valence-electron chi connectivity index (χ3n) is 6.20. The molecule has 0 aliphatic heterocycles. The Hall–Kier alpha value is -4.63. The Balaban J connectivity index is 1.77. The van der Waals surface area contributed by atoms with Gasteiger partial charge in [0.25, 0.3) is 0 Å². The number of hydrogen-bond acceptors (Lipinski definition) is 6. The van der Waals surface area contributed by atoms with Crippen LogP contribution in [0.5, 0.6) is 5.75 Å². The average Bonchev–Trinajstić information content (AvgIpc) is 2.99. The van der Waals surface area contributed by atoms with Gasteiger partial charge in [-0.15, -0.1) is 0 Å². The van der Waals surface area contributed by atoms with Crippen molar-refractivity contribution >= 4 is 35.3 Å². The topological polar surface area (TPSA) is 123 Å². The first kappa shape index (κ1) is 31.9. The first-order valence-electron chi connectivity index (χ1n) is 13.3. The van der Waals surface area contributed by atoms with Gasteiger partial charge in [0.1, 0.15) is 31.0 Å². The van der Waals surface area contributed by atoms with Crippen molar-refractivity contribution in [2.45, 2.75) is 31.3 Å². The van der Waals surface area contributed by atoms with E-state index in [4.69, 9.17) is 16.3 Å². The van der Waals surface area contributed by atoms with Gasteiger partial charge >= 0.3 is 5.97 Å². The number of methoxy groups -OCH3 is 1. The summed E-state index contributed by atoms with van der Waals surface area (Å²) in [5.74, 6) is -1.67. The second-order valence-electron chi connectivity index (χ2n) is 9.40. The van der Waals surface area contributed by atoms with Crippen LogP contribution in [-0.4, -0.2) is 56.0 Å². The maximum Gasteiger partial charge on any atom is 0.325 e. The van der Waals surface area contributed by atoms with E-state index < -0.39 is 35.8 Å². The summed E-state index contributed by atoms with van der Waals surface area (Å²) in [5, 5.41) is 8.42. The third kappa shape index (κ3) is 10.4. The molecule has 0 bridgehead atoms. The fourth-order valence-corrected chi connectivity index (χ4v) is 4.35. The van der Waals surface area contributed by atoms with Crippen molar-refractivity contribution in [2.75, 3.05) is 20.3 Å². The lowest BCUT2D eigenvalue weighted by Crippen LogP contribution is -2.55. The molecule has 0 spiro atoms. The molecule has 0 aromatic heterocycles. The van der Waals surface area contributed by atoms with Crippen LogP contribution in [0.3, 0.4) is 0 Å². The smallest absolute Gasteiger partial charge is 0.325 e. The highest BCUT2D eigenvalue weighted by Gasteiger charge is 2.28. The lowest BCUT2D eigenvalue weighted by Gasteiger charge is -2.23. The molecule has 10 heteroatoms. The lowest BCUT2D eigenvalue weighted by atomic mass is 10.0. The van der Waals surface area contributed by atoms with Crippen molar-refractivity contribution in [1.29, 1.82) is 0 Å². The molecule has 3 rings (SSSR count). The first-order chi connectivity index (χ1) is 20.3. The minimum atomic E-state index is -1.01. The fraction of sp³-hybridized carbons (Fsp3) is 0.250. The Morgan fingerprint density at radius 1 is 0.833 bits per heavy atom. The molecule has 3 N–H and O–H groups in total. The quantitative estimate of drug-likeness (QED) is 0.184. The number of rotatable bonds is 15. The maximum atomic E-state index is 13.6. The van der Waals surface area contributed by atoms with Crippen LogP contribution in [0.25, 0.3) is 0 Å². The zero-order valence-electron chi connectivity index (χ0n) is 23.3. The van der Waals surface area contributed by atoms with Crippen molar-refractivity contribution in [1.82, 2.24) is 16.0 Å². The third-order valence-corrected chi connectivity index (χ3v) is 6.50. The van der Waals surface area contributed by atoms with Gasteiger partial charge in [0, 0.05) is 12.8 Å². The Bertz CT molecular complexity index is 1370. The number of amides is 3. The van der Waals surface area contributed by atoms with Crippen LogP contribution in [0.4, 0.5) is 0 Å². The molecule has 9 nitrogen and oxygen atoms in total. The normalized spacial score (nSPS) is 11.9. The van der Waals surface area contributed by atoms with Crippen molar-refractivity contribution < 1.29 is 28.7 Å². The van der Waals surface area contributed by atoms with E-state index in [9.17, 15) is 19.2 Å². The Kier molecular flexibility index (Phi) is 12.6. The monoisotopic (exact) mass is 591 g/mol. The first-order valence-corrected chi connectivity index (χ1v) is 13.7. The molecular formula is C32H34ClN3O6. The summed E-state index contributed by atoms with van der Waals surface area (Å²) in [6.45, 7) is 3.55. The SMILES string of the molecule is C=CCOc1ccc(CC(=O)N[C@@H](Cc2ccccc2)C(=O)N[C@@H](Cc2ccccc2)C(=O)NCC(=O)OC)cc1Cl. The number of carbonyl (C=O) groups is 4. The molecule has 0 unspecified atom stereocenters. The summed E-state index contributed by atoms with van der Waals surface area (Å²) in [7, 11) is 1.22.